The van der Waals surface area contributed by atoms with Gasteiger partial charge in [-0.05, 0) is 37.3 Å². The van der Waals surface area contributed by atoms with E-state index in [0.717, 1.165) is 37.2 Å². The third-order valence-corrected chi connectivity index (χ3v) is 3.79. The van der Waals surface area contributed by atoms with Crippen LogP contribution in [0.2, 0.25) is 0 Å². The molecule has 1 aliphatic carbocycles. The van der Waals surface area contributed by atoms with Crippen molar-refractivity contribution < 1.29 is 5.11 Å². The predicted molar refractivity (Wildman–Crippen MR) is 67.0 cm³/mol. The average Bonchev–Trinajstić information content (AvgIpc) is 2.94. The van der Waals surface area contributed by atoms with Crippen LogP contribution in [0.15, 0.2) is 6.07 Å². The van der Waals surface area contributed by atoms with Crippen molar-refractivity contribution in [3.8, 4) is 0 Å². The third kappa shape index (κ3) is 1.91. The number of aliphatic hydroxyl groups excluding tert-OH is 1. The number of pyridine rings is 1. The van der Waals surface area contributed by atoms with E-state index in [2.05, 4.69) is 11.0 Å². The Kier molecular flexibility index (Phi) is 2.76. The Balaban J connectivity index is 1.97. The van der Waals surface area contributed by atoms with Gasteiger partial charge in [-0.25, -0.2) is 4.98 Å². The number of rotatable bonds is 2. The van der Waals surface area contributed by atoms with E-state index in [-0.39, 0.29) is 6.10 Å². The molecule has 4 nitrogen and oxygen atoms in total. The fourth-order valence-electron chi connectivity index (χ4n) is 2.87. The molecule has 0 radical (unpaired) electrons. The molecule has 1 unspecified atom stereocenters. The highest BCUT2D eigenvalue weighted by Gasteiger charge is 2.25. The number of hydrogen-bond acceptors (Lipinski definition) is 4. The zero-order valence-corrected chi connectivity index (χ0v) is 10.0. The fraction of sp³-hybridized carbons (Fsp3) is 0.615. The van der Waals surface area contributed by atoms with Gasteiger partial charge in [0.25, 0.3) is 0 Å². The molecule has 1 aliphatic heterocycles. The summed E-state index contributed by atoms with van der Waals surface area (Å²) in [5, 5.41) is 9.62. The number of nitrogens with zero attached hydrogens (tertiary/aromatic N) is 2. The summed E-state index contributed by atoms with van der Waals surface area (Å²) >= 11 is 0. The summed E-state index contributed by atoms with van der Waals surface area (Å²) in [6.45, 7) is 2.11. The molecule has 2 aliphatic rings. The highest BCUT2D eigenvalue weighted by atomic mass is 16.3. The smallest absolute Gasteiger partial charge is 0.133 e. The highest BCUT2D eigenvalue weighted by molar-refractivity contribution is 5.51. The fourth-order valence-corrected chi connectivity index (χ4v) is 2.87. The van der Waals surface area contributed by atoms with E-state index < -0.39 is 0 Å². The lowest BCUT2D eigenvalue weighted by Gasteiger charge is -2.21. The molecular formula is C13H19N3O. The summed E-state index contributed by atoms with van der Waals surface area (Å²) in [5.41, 5.74) is 9.55. The van der Waals surface area contributed by atoms with Gasteiger partial charge in [0.2, 0.25) is 0 Å². The lowest BCUT2D eigenvalue weighted by atomic mass is 10.1. The van der Waals surface area contributed by atoms with Crippen LogP contribution >= 0.6 is 0 Å². The molecule has 1 aromatic heterocycles. The first kappa shape index (κ1) is 11.0. The van der Waals surface area contributed by atoms with Gasteiger partial charge in [0, 0.05) is 30.9 Å². The first-order valence-electron chi connectivity index (χ1n) is 6.42. The minimum Gasteiger partial charge on any atom is -0.391 e. The maximum Gasteiger partial charge on any atom is 0.133 e. The first-order chi connectivity index (χ1) is 8.28. The molecule has 1 aromatic rings. The van der Waals surface area contributed by atoms with Crippen molar-refractivity contribution >= 4 is 5.82 Å². The summed E-state index contributed by atoms with van der Waals surface area (Å²) in [5.74, 6) is 1.00. The van der Waals surface area contributed by atoms with E-state index in [4.69, 9.17) is 10.7 Å². The molecule has 3 N–H and O–H groups in total. The maximum absolute atomic E-state index is 9.62. The SMILES string of the molecule is NCc1cc2c(nc1N1CCC(O)C1)CCC2. The predicted octanol–water partition coefficient (Wildman–Crippen LogP) is 0.600. The molecule has 3 rings (SSSR count). The first-order valence-corrected chi connectivity index (χ1v) is 6.42. The second-order valence-corrected chi connectivity index (χ2v) is 5.02. The second-order valence-electron chi connectivity index (χ2n) is 5.02. The second kappa shape index (κ2) is 4.27. The molecule has 4 heteroatoms. The number of aliphatic hydroxyl groups is 1. The summed E-state index contributed by atoms with van der Waals surface area (Å²) in [6, 6.07) is 2.22. The van der Waals surface area contributed by atoms with Gasteiger partial charge in [0.05, 0.1) is 6.10 Å². The number of anilines is 1. The zero-order chi connectivity index (χ0) is 11.8. The average molecular weight is 233 g/mol. The normalized spacial score (nSPS) is 23.2. The summed E-state index contributed by atoms with van der Waals surface area (Å²) in [7, 11) is 0. The Morgan fingerprint density at radius 3 is 3.06 bits per heavy atom. The van der Waals surface area contributed by atoms with Crippen LogP contribution in [0.3, 0.4) is 0 Å². The van der Waals surface area contributed by atoms with E-state index >= 15 is 0 Å². The van der Waals surface area contributed by atoms with Gasteiger partial charge in [-0.1, -0.05) is 0 Å². The number of nitrogens with two attached hydrogens (primary N) is 1. The van der Waals surface area contributed by atoms with Gasteiger partial charge in [-0.3, -0.25) is 0 Å². The van der Waals surface area contributed by atoms with E-state index in [1.807, 2.05) is 0 Å². The van der Waals surface area contributed by atoms with E-state index in [0.29, 0.717) is 13.1 Å². The van der Waals surface area contributed by atoms with Gasteiger partial charge >= 0.3 is 0 Å². The Morgan fingerprint density at radius 2 is 2.35 bits per heavy atom. The van der Waals surface area contributed by atoms with Gasteiger partial charge in [0.1, 0.15) is 5.82 Å². The standard InChI is InChI=1S/C13H19N3O/c14-7-10-6-9-2-1-3-12(9)15-13(10)16-5-4-11(17)8-16/h6,11,17H,1-5,7-8,14H2. The molecule has 1 fully saturated rings. The van der Waals surface area contributed by atoms with E-state index in [9.17, 15) is 5.11 Å². The topological polar surface area (TPSA) is 62.4 Å². The summed E-state index contributed by atoms with van der Waals surface area (Å²) < 4.78 is 0. The van der Waals surface area contributed by atoms with Crippen LogP contribution in [-0.2, 0) is 19.4 Å². The van der Waals surface area contributed by atoms with Gasteiger partial charge in [0.15, 0.2) is 0 Å². The zero-order valence-electron chi connectivity index (χ0n) is 10.0. The van der Waals surface area contributed by atoms with Crippen LogP contribution in [0.25, 0.3) is 0 Å². The molecule has 1 atom stereocenters. The number of fused-ring (bicyclic) bond motifs is 1. The minimum absolute atomic E-state index is 0.212. The van der Waals surface area contributed by atoms with Crippen LogP contribution in [0, 0.1) is 0 Å². The molecule has 0 bridgehead atoms. The Hall–Kier alpha value is -1.13. The summed E-state index contributed by atoms with van der Waals surface area (Å²) in [4.78, 5) is 6.95. The minimum atomic E-state index is -0.212. The van der Waals surface area contributed by atoms with Crippen molar-refractivity contribution in [1.29, 1.82) is 0 Å². The van der Waals surface area contributed by atoms with Crippen molar-refractivity contribution in [1.82, 2.24) is 4.98 Å². The van der Waals surface area contributed by atoms with Crippen molar-refractivity contribution in [3.05, 3.63) is 22.9 Å². The van der Waals surface area contributed by atoms with Crippen molar-refractivity contribution in [3.63, 3.8) is 0 Å². The highest BCUT2D eigenvalue weighted by Crippen LogP contribution is 2.29. The Morgan fingerprint density at radius 1 is 1.47 bits per heavy atom. The lowest BCUT2D eigenvalue weighted by Crippen LogP contribution is -2.24. The van der Waals surface area contributed by atoms with Gasteiger partial charge in [-0.15, -0.1) is 0 Å². The van der Waals surface area contributed by atoms with Crippen LogP contribution in [0.5, 0.6) is 0 Å². The molecule has 92 valence electrons. The Labute approximate surface area is 101 Å². The lowest BCUT2D eigenvalue weighted by molar-refractivity contribution is 0.198. The molecule has 0 spiro atoms. The van der Waals surface area contributed by atoms with E-state index in [1.165, 1.54) is 17.7 Å². The van der Waals surface area contributed by atoms with Crippen LogP contribution < -0.4 is 10.6 Å². The molecule has 0 amide bonds. The largest absolute Gasteiger partial charge is 0.391 e. The molecule has 1 saturated heterocycles. The number of aryl methyl sites for hydroxylation is 2. The number of β-amino-alcohol motifs (C(OH)–C–C–N with tert-alkyl or cyclic N) is 1. The molecule has 0 aromatic carbocycles. The van der Waals surface area contributed by atoms with Crippen LogP contribution in [0.1, 0.15) is 29.7 Å². The van der Waals surface area contributed by atoms with Crippen molar-refractivity contribution in [2.45, 2.75) is 38.3 Å². The molecular weight excluding hydrogens is 214 g/mol. The molecule has 2 heterocycles. The van der Waals surface area contributed by atoms with Gasteiger partial charge in [-0.2, -0.15) is 0 Å². The monoisotopic (exact) mass is 233 g/mol. The van der Waals surface area contributed by atoms with Crippen LogP contribution in [-0.4, -0.2) is 29.3 Å². The molecule has 0 saturated carbocycles. The summed E-state index contributed by atoms with van der Waals surface area (Å²) in [6.07, 6.45) is 4.05. The van der Waals surface area contributed by atoms with Crippen molar-refractivity contribution in [2.24, 2.45) is 5.73 Å². The van der Waals surface area contributed by atoms with Crippen molar-refractivity contribution in [2.75, 3.05) is 18.0 Å². The maximum atomic E-state index is 9.62. The Bertz CT molecular complexity index is 433. The number of hydrogen-bond donors (Lipinski definition) is 2. The third-order valence-electron chi connectivity index (χ3n) is 3.79. The molecule has 17 heavy (non-hydrogen) atoms. The van der Waals surface area contributed by atoms with Gasteiger partial charge < -0.3 is 15.7 Å². The number of aromatic nitrogens is 1. The quantitative estimate of drug-likeness (QED) is 0.785. The van der Waals surface area contributed by atoms with Crippen LogP contribution in [0.4, 0.5) is 5.82 Å². The van der Waals surface area contributed by atoms with E-state index in [1.54, 1.807) is 0 Å².